The van der Waals surface area contributed by atoms with Crippen LogP contribution >= 0.6 is 0 Å². The number of nitrogens with two attached hydrogens (primary N) is 1. The molecule has 1 aliphatic heterocycles. The van der Waals surface area contributed by atoms with E-state index < -0.39 is 17.8 Å². The predicted octanol–water partition coefficient (Wildman–Crippen LogP) is 1.66. The second kappa shape index (κ2) is 6.57. The highest BCUT2D eigenvalue weighted by molar-refractivity contribution is 5.97. The van der Waals surface area contributed by atoms with Gasteiger partial charge in [-0.1, -0.05) is 6.07 Å². The maximum atomic E-state index is 12.7. The van der Waals surface area contributed by atoms with Gasteiger partial charge in [0.2, 0.25) is 11.8 Å². The van der Waals surface area contributed by atoms with Gasteiger partial charge in [-0.15, -0.1) is 0 Å². The number of rotatable bonds is 4. The van der Waals surface area contributed by atoms with E-state index in [9.17, 15) is 22.8 Å². The average Bonchev–Trinajstić information content (AvgIpc) is 2.77. The maximum Gasteiger partial charge on any atom is 0.416 e. The minimum absolute atomic E-state index is 0.0565. The van der Waals surface area contributed by atoms with Gasteiger partial charge in [0.25, 0.3) is 0 Å². The molecule has 0 spiro atoms. The standard InChI is InChI=1S/C15H18F3N3O2/c1-9(19)5-13(22)20-11-7-14(23)21(8-11)12-4-2-3-10(6-12)15(16,17)18/h2-4,6,9,11H,5,7-8,19H2,1H3,(H,20,22). The molecule has 1 aromatic rings. The average molecular weight is 329 g/mol. The van der Waals surface area contributed by atoms with E-state index in [0.717, 1.165) is 12.1 Å². The number of halogens is 3. The molecule has 0 bridgehead atoms. The molecule has 2 amide bonds. The quantitative estimate of drug-likeness (QED) is 0.882. The van der Waals surface area contributed by atoms with E-state index in [2.05, 4.69) is 5.32 Å². The fourth-order valence-corrected chi connectivity index (χ4v) is 2.48. The number of amides is 2. The summed E-state index contributed by atoms with van der Waals surface area (Å²) in [5, 5.41) is 2.68. The van der Waals surface area contributed by atoms with Crippen LogP contribution in [0.5, 0.6) is 0 Å². The second-order valence-electron chi connectivity index (χ2n) is 5.70. The Morgan fingerprint density at radius 3 is 2.78 bits per heavy atom. The zero-order chi connectivity index (χ0) is 17.2. The number of benzene rings is 1. The molecule has 3 N–H and O–H groups in total. The van der Waals surface area contributed by atoms with Gasteiger partial charge < -0.3 is 16.0 Å². The van der Waals surface area contributed by atoms with Gasteiger partial charge in [0.05, 0.1) is 11.6 Å². The van der Waals surface area contributed by atoms with Crippen LogP contribution in [-0.2, 0) is 15.8 Å². The Morgan fingerprint density at radius 1 is 1.48 bits per heavy atom. The van der Waals surface area contributed by atoms with Gasteiger partial charge in [0, 0.05) is 31.1 Å². The van der Waals surface area contributed by atoms with Crippen molar-refractivity contribution < 1.29 is 22.8 Å². The van der Waals surface area contributed by atoms with E-state index in [1.165, 1.54) is 17.0 Å². The summed E-state index contributed by atoms with van der Waals surface area (Å²) in [6, 6.07) is 3.86. The van der Waals surface area contributed by atoms with Crippen LogP contribution in [0.15, 0.2) is 24.3 Å². The van der Waals surface area contributed by atoms with Gasteiger partial charge in [-0.3, -0.25) is 9.59 Å². The van der Waals surface area contributed by atoms with Crippen LogP contribution in [0.25, 0.3) is 0 Å². The summed E-state index contributed by atoms with van der Waals surface area (Å²) < 4.78 is 38.2. The predicted molar refractivity (Wildman–Crippen MR) is 78.6 cm³/mol. The minimum Gasteiger partial charge on any atom is -0.351 e. The van der Waals surface area contributed by atoms with Gasteiger partial charge in [-0.05, 0) is 25.1 Å². The van der Waals surface area contributed by atoms with E-state index in [0.29, 0.717) is 0 Å². The van der Waals surface area contributed by atoms with Gasteiger partial charge in [0.15, 0.2) is 0 Å². The second-order valence-corrected chi connectivity index (χ2v) is 5.70. The Labute approximate surface area is 131 Å². The third-order valence-electron chi connectivity index (χ3n) is 3.48. The number of nitrogens with one attached hydrogen (secondary N) is 1. The fraction of sp³-hybridized carbons (Fsp3) is 0.467. The van der Waals surface area contributed by atoms with Crippen molar-refractivity contribution in [1.29, 1.82) is 0 Å². The summed E-state index contributed by atoms with van der Waals surface area (Å²) in [5.41, 5.74) is 4.89. The summed E-state index contributed by atoms with van der Waals surface area (Å²) in [4.78, 5) is 24.9. The number of carbonyl (C=O) groups excluding carboxylic acids is 2. The number of hydrogen-bond acceptors (Lipinski definition) is 3. The first-order valence-corrected chi connectivity index (χ1v) is 7.19. The van der Waals surface area contributed by atoms with E-state index >= 15 is 0 Å². The number of alkyl halides is 3. The summed E-state index contributed by atoms with van der Waals surface area (Å²) in [7, 11) is 0. The molecule has 1 aromatic carbocycles. The van der Waals surface area contributed by atoms with Crippen molar-refractivity contribution in [3.63, 3.8) is 0 Å². The molecule has 1 aliphatic rings. The summed E-state index contributed by atoms with van der Waals surface area (Å²) in [6.07, 6.45) is -4.28. The van der Waals surface area contributed by atoms with Crippen LogP contribution in [0.3, 0.4) is 0 Å². The van der Waals surface area contributed by atoms with Crippen molar-refractivity contribution in [2.75, 3.05) is 11.4 Å². The zero-order valence-electron chi connectivity index (χ0n) is 12.6. The van der Waals surface area contributed by atoms with E-state index in [1.807, 2.05) is 0 Å². The molecule has 1 heterocycles. The lowest BCUT2D eigenvalue weighted by Crippen LogP contribution is -2.39. The molecule has 2 unspecified atom stereocenters. The largest absolute Gasteiger partial charge is 0.416 e. The first-order valence-electron chi connectivity index (χ1n) is 7.19. The van der Waals surface area contributed by atoms with Gasteiger partial charge >= 0.3 is 6.18 Å². The van der Waals surface area contributed by atoms with Crippen LogP contribution in [0.1, 0.15) is 25.3 Å². The summed E-state index contributed by atoms with van der Waals surface area (Å²) >= 11 is 0. The molecule has 8 heteroatoms. The third-order valence-corrected chi connectivity index (χ3v) is 3.48. The van der Waals surface area contributed by atoms with Crippen molar-refractivity contribution in [2.45, 2.75) is 38.0 Å². The highest BCUT2D eigenvalue weighted by atomic mass is 19.4. The van der Waals surface area contributed by atoms with Gasteiger partial charge in [0.1, 0.15) is 0 Å². The van der Waals surface area contributed by atoms with Crippen LogP contribution in [-0.4, -0.2) is 30.4 Å². The number of hydrogen-bond donors (Lipinski definition) is 2. The van der Waals surface area contributed by atoms with Crippen molar-refractivity contribution in [3.05, 3.63) is 29.8 Å². The highest BCUT2D eigenvalue weighted by Crippen LogP contribution is 2.32. The molecule has 0 saturated carbocycles. The Balaban J connectivity index is 2.07. The van der Waals surface area contributed by atoms with Crippen molar-refractivity contribution in [1.82, 2.24) is 5.32 Å². The maximum absolute atomic E-state index is 12.7. The third kappa shape index (κ3) is 4.44. The highest BCUT2D eigenvalue weighted by Gasteiger charge is 2.34. The van der Waals surface area contributed by atoms with Crippen molar-refractivity contribution in [3.8, 4) is 0 Å². The molecular formula is C15H18F3N3O2. The summed E-state index contributed by atoms with van der Waals surface area (Å²) in [6.45, 7) is 1.83. The Morgan fingerprint density at radius 2 is 2.17 bits per heavy atom. The molecule has 5 nitrogen and oxygen atoms in total. The molecule has 1 saturated heterocycles. The van der Waals surface area contributed by atoms with E-state index in [-0.39, 0.29) is 42.9 Å². The lowest BCUT2D eigenvalue weighted by Gasteiger charge is -2.19. The monoisotopic (exact) mass is 329 g/mol. The summed E-state index contributed by atoms with van der Waals surface area (Å²) in [5.74, 6) is -0.598. The first kappa shape index (κ1) is 17.3. The normalized spacial score (nSPS) is 19.8. The molecular weight excluding hydrogens is 311 g/mol. The fourth-order valence-electron chi connectivity index (χ4n) is 2.48. The Kier molecular flexibility index (Phi) is 4.93. The van der Waals surface area contributed by atoms with E-state index in [1.54, 1.807) is 6.92 Å². The molecule has 2 rings (SSSR count). The Hall–Kier alpha value is -2.09. The number of anilines is 1. The lowest BCUT2D eigenvalue weighted by atomic mass is 10.2. The van der Waals surface area contributed by atoms with Gasteiger partial charge in [-0.25, -0.2) is 0 Å². The van der Waals surface area contributed by atoms with Crippen LogP contribution < -0.4 is 16.0 Å². The topological polar surface area (TPSA) is 75.4 Å². The van der Waals surface area contributed by atoms with E-state index in [4.69, 9.17) is 5.73 Å². The molecule has 0 aliphatic carbocycles. The molecule has 126 valence electrons. The molecule has 0 radical (unpaired) electrons. The number of carbonyl (C=O) groups is 2. The molecule has 2 atom stereocenters. The minimum atomic E-state index is -4.47. The molecule has 0 aromatic heterocycles. The number of nitrogens with zero attached hydrogens (tertiary/aromatic N) is 1. The lowest BCUT2D eigenvalue weighted by molar-refractivity contribution is -0.137. The van der Waals surface area contributed by atoms with Crippen LogP contribution in [0.4, 0.5) is 18.9 Å². The molecule has 23 heavy (non-hydrogen) atoms. The smallest absolute Gasteiger partial charge is 0.351 e. The van der Waals surface area contributed by atoms with Crippen molar-refractivity contribution in [2.24, 2.45) is 5.73 Å². The SMILES string of the molecule is CC(N)CC(=O)NC1CC(=O)N(c2cccc(C(F)(F)F)c2)C1. The van der Waals surface area contributed by atoms with Crippen LogP contribution in [0, 0.1) is 0 Å². The van der Waals surface area contributed by atoms with Crippen molar-refractivity contribution >= 4 is 17.5 Å². The zero-order valence-corrected chi connectivity index (χ0v) is 12.6. The molecule has 1 fully saturated rings. The first-order chi connectivity index (χ1) is 10.7. The van der Waals surface area contributed by atoms with Crippen LogP contribution in [0.2, 0.25) is 0 Å². The Bertz CT molecular complexity index is 602. The van der Waals surface area contributed by atoms with Gasteiger partial charge in [-0.2, -0.15) is 13.2 Å².